The fraction of sp³-hybridized carbons (Fsp3) is 0.0769. The van der Waals surface area contributed by atoms with E-state index in [1.807, 2.05) is 0 Å². The molecular weight excluding hydrogens is 440 g/mol. The van der Waals surface area contributed by atoms with Crippen molar-refractivity contribution in [3.05, 3.63) is 102 Å². The Labute approximate surface area is 192 Å². The van der Waals surface area contributed by atoms with E-state index in [0.29, 0.717) is 40.0 Å². The third-order valence-electron chi connectivity index (χ3n) is 5.72. The molecule has 0 saturated carbocycles. The Kier molecular flexibility index (Phi) is 5.22. The van der Waals surface area contributed by atoms with Gasteiger partial charge in [0.1, 0.15) is 23.5 Å². The van der Waals surface area contributed by atoms with Crippen LogP contribution < -0.4 is 4.74 Å². The molecule has 3 aromatic carbocycles. The van der Waals surface area contributed by atoms with Crippen LogP contribution in [0.4, 0.5) is 8.78 Å². The third-order valence-corrected chi connectivity index (χ3v) is 5.72. The minimum absolute atomic E-state index is 0.216. The molecule has 5 rings (SSSR count). The van der Waals surface area contributed by atoms with E-state index in [0.717, 1.165) is 0 Å². The number of nitrogens with zero attached hydrogens (tertiary/aromatic N) is 1. The molecule has 1 atom stereocenters. The number of nitrogens with one attached hydrogen (secondary N) is 2. The minimum atomic E-state index is -1.43. The van der Waals surface area contributed by atoms with Crippen molar-refractivity contribution in [1.29, 1.82) is 0 Å². The number of hydrogen-bond donors (Lipinski definition) is 3. The number of carbonyl (C=O) groups excluding carboxylic acids is 1. The van der Waals surface area contributed by atoms with Crippen LogP contribution in [0.3, 0.4) is 0 Å². The van der Waals surface area contributed by atoms with Crippen molar-refractivity contribution in [2.24, 2.45) is 0 Å². The Morgan fingerprint density at radius 1 is 1.09 bits per heavy atom. The number of ether oxygens (including phenoxy) is 1. The van der Waals surface area contributed by atoms with E-state index in [1.54, 1.807) is 55.5 Å². The van der Waals surface area contributed by atoms with Gasteiger partial charge in [-0.05, 0) is 36.8 Å². The molecule has 1 unspecified atom stereocenters. The average Bonchev–Trinajstić information content (AvgIpc) is 3.52. The van der Waals surface area contributed by atoms with E-state index in [1.165, 1.54) is 24.5 Å². The summed E-state index contributed by atoms with van der Waals surface area (Å²) >= 11 is 0. The van der Waals surface area contributed by atoms with Crippen molar-refractivity contribution >= 4 is 17.2 Å². The van der Waals surface area contributed by atoms with Gasteiger partial charge in [0, 0.05) is 28.8 Å². The van der Waals surface area contributed by atoms with E-state index in [9.17, 15) is 18.7 Å². The Bertz CT molecular complexity index is 1520. The number of aromatic amines is 2. The van der Waals surface area contributed by atoms with E-state index >= 15 is 0 Å². The maximum Gasteiger partial charge on any atom is 0.199 e. The highest BCUT2D eigenvalue weighted by molar-refractivity contribution is 5.82. The van der Waals surface area contributed by atoms with Gasteiger partial charge >= 0.3 is 0 Å². The summed E-state index contributed by atoms with van der Waals surface area (Å²) in [6, 6.07) is 15.9. The van der Waals surface area contributed by atoms with Crippen molar-refractivity contribution in [1.82, 2.24) is 15.0 Å². The van der Waals surface area contributed by atoms with Crippen molar-refractivity contribution in [2.75, 3.05) is 0 Å². The first-order valence-corrected chi connectivity index (χ1v) is 10.4. The molecule has 6 nitrogen and oxygen atoms in total. The first-order chi connectivity index (χ1) is 16.4. The summed E-state index contributed by atoms with van der Waals surface area (Å²) in [7, 11) is 0. The number of imidazole rings is 1. The molecule has 8 heteroatoms. The molecule has 3 N–H and O–H groups in total. The Hall–Kier alpha value is -4.30. The van der Waals surface area contributed by atoms with Crippen LogP contribution >= 0.6 is 0 Å². The summed E-state index contributed by atoms with van der Waals surface area (Å²) in [5.74, 6) is -1.48. The molecule has 0 radical (unpaired) electrons. The molecule has 34 heavy (non-hydrogen) atoms. The molecule has 0 fully saturated rings. The number of aromatic nitrogens is 3. The summed E-state index contributed by atoms with van der Waals surface area (Å²) in [6.45, 7) is 1.59. The SMILES string of the molecule is CC(O)(c1cccc(C=O)c1)c1cnc(-c2cccc(Oc3c(F)cc4[nH]ccc4c3F)c2)[nH]1. The van der Waals surface area contributed by atoms with Crippen LogP contribution in [0, 0.1) is 11.6 Å². The topological polar surface area (TPSA) is 91.0 Å². The van der Waals surface area contributed by atoms with Crippen LogP contribution in [0.1, 0.15) is 28.5 Å². The molecule has 170 valence electrons. The molecular formula is C26H19F2N3O3. The molecule has 0 amide bonds. The lowest BCUT2D eigenvalue weighted by Gasteiger charge is -2.22. The van der Waals surface area contributed by atoms with Gasteiger partial charge in [-0.2, -0.15) is 0 Å². The fourth-order valence-electron chi connectivity index (χ4n) is 3.82. The molecule has 0 aliphatic rings. The van der Waals surface area contributed by atoms with Crippen LogP contribution in [0.15, 0.2) is 73.1 Å². The maximum atomic E-state index is 14.8. The lowest BCUT2D eigenvalue weighted by Crippen LogP contribution is -2.23. The number of aldehydes is 1. The quantitative estimate of drug-likeness (QED) is 0.284. The minimum Gasteiger partial charge on any atom is -0.451 e. The fourth-order valence-corrected chi connectivity index (χ4v) is 3.82. The largest absolute Gasteiger partial charge is 0.451 e. The molecule has 2 aromatic heterocycles. The zero-order valence-corrected chi connectivity index (χ0v) is 18.0. The zero-order chi connectivity index (χ0) is 23.9. The highest BCUT2D eigenvalue weighted by atomic mass is 19.1. The smallest absolute Gasteiger partial charge is 0.199 e. The predicted molar refractivity (Wildman–Crippen MR) is 123 cm³/mol. The summed E-state index contributed by atoms with van der Waals surface area (Å²) in [5.41, 5.74) is 0.869. The summed E-state index contributed by atoms with van der Waals surface area (Å²) in [5, 5.41) is 11.3. The number of benzene rings is 3. The summed E-state index contributed by atoms with van der Waals surface area (Å²) in [6.07, 6.45) is 3.73. The second-order valence-corrected chi connectivity index (χ2v) is 8.03. The van der Waals surface area contributed by atoms with Gasteiger partial charge in [0.05, 0.1) is 17.4 Å². The van der Waals surface area contributed by atoms with Gasteiger partial charge < -0.3 is 19.8 Å². The molecule has 0 bridgehead atoms. The Morgan fingerprint density at radius 2 is 1.91 bits per heavy atom. The molecule has 5 aromatic rings. The molecule has 0 aliphatic heterocycles. The van der Waals surface area contributed by atoms with Crippen molar-refractivity contribution in [3.8, 4) is 22.9 Å². The van der Waals surface area contributed by atoms with Crippen molar-refractivity contribution < 1.29 is 23.4 Å². The van der Waals surface area contributed by atoms with Crippen molar-refractivity contribution in [2.45, 2.75) is 12.5 Å². The monoisotopic (exact) mass is 459 g/mol. The molecule has 0 saturated heterocycles. The predicted octanol–water partition coefficient (Wildman–Crippen LogP) is 5.70. The lowest BCUT2D eigenvalue weighted by atomic mass is 9.92. The second-order valence-electron chi connectivity index (χ2n) is 8.03. The van der Waals surface area contributed by atoms with Crippen LogP contribution in [0.2, 0.25) is 0 Å². The highest BCUT2D eigenvalue weighted by Crippen LogP contribution is 2.35. The normalized spacial score (nSPS) is 13.1. The van der Waals surface area contributed by atoms with Crippen LogP contribution in [-0.4, -0.2) is 26.3 Å². The van der Waals surface area contributed by atoms with E-state index in [2.05, 4.69) is 15.0 Å². The number of aliphatic hydroxyl groups is 1. The standard InChI is InChI=1S/C26H19F2N3O3/c1-26(33,17-6-2-4-15(10-17)14-32)22-13-30-25(31-22)16-5-3-7-18(11-16)34-24-20(27)12-21-19(23(24)28)8-9-29-21/h2-14,29,33H,1H3,(H,30,31). The number of hydrogen-bond acceptors (Lipinski definition) is 4. The number of carbonyl (C=O) groups is 1. The van der Waals surface area contributed by atoms with Crippen LogP contribution in [0.5, 0.6) is 11.5 Å². The van der Waals surface area contributed by atoms with Gasteiger partial charge in [-0.25, -0.2) is 13.8 Å². The van der Waals surface area contributed by atoms with Crippen LogP contribution in [-0.2, 0) is 5.60 Å². The van der Waals surface area contributed by atoms with E-state index < -0.39 is 23.0 Å². The van der Waals surface area contributed by atoms with Gasteiger partial charge in [0.2, 0.25) is 0 Å². The molecule has 0 spiro atoms. The van der Waals surface area contributed by atoms with Crippen LogP contribution in [0.25, 0.3) is 22.3 Å². The zero-order valence-electron chi connectivity index (χ0n) is 18.0. The number of H-pyrrole nitrogens is 2. The van der Waals surface area contributed by atoms with Gasteiger partial charge in [-0.15, -0.1) is 0 Å². The van der Waals surface area contributed by atoms with Gasteiger partial charge in [0.25, 0.3) is 0 Å². The number of halogens is 2. The Morgan fingerprint density at radius 3 is 2.74 bits per heavy atom. The van der Waals surface area contributed by atoms with E-state index in [4.69, 9.17) is 4.74 Å². The van der Waals surface area contributed by atoms with Gasteiger partial charge in [0.15, 0.2) is 17.4 Å². The second kappa shape index (κ2) is 8.24. The van der Waals surface area contributed by atoms with Crippen molar-refractivity contribution in [3.63, 3.8) is 0 Å². The summed E-state index contributed by atoms with van der Waals surface area (Å²) < 4.78 is 34.8. The number of rotatable bonds is 6. The molecule has 2 heterocycles. The first kappa shape index (κ1) is 21.5. The maximum absolute atomic E-state index is 14.8. The summed E-state index contributed by atoms with van der Waals surface area (Å²) in [4.78, 5) is 21.3. The average molecular weight is 459 g/mol. The molecule has 0 aliphatic carbocycles. The number of fused-ring (bicyclic) bond motifs is 1. The highest BCUT2D eigenvalue weighted by Gasteiger charge is 2.28. The van der Waals surface area contributed by atoms with E-state index in [-0.39, 0.29) is 11.1 Å². The van der Waals surface area contributed by atoms with Gasteiger partial charge in [-0.1, -0.05) is 30.3 Å². The lowest BCUT2D eigenvalue weighted by molar-refractivity contribution is 0.0978. The Balaban J connectivity index is 1.45. The third kappa shape index (κ3) is 3.74. The van der Waals surface area contributed by atoms with Gasteiger partial charge in [-0.3, -0.25) is 4.79 Å². The first-order valence-electron chi connectivity index (χ1n) is 10.4.